The lowest BCUT2D eigenvalue weighted by atomic mass is 10.1. The van der Waals surface area contributed by atoms with Crippen molar-refractivity contribution in [3.63, 3.8) is 0 Å². The molecule has 1 unspecified atom stereocenters. The van der Waals surface area contributed by atoms with Crippen molar-refractivity contribution in [1.29, 1.82) is 0 Å². The Labute approximate surface area is 133 Å². The van der Waals surface area contributed by atoms with Crippen LogP contribution in [0, 0.1) is 5.82 Å². The molecule has 0 aliphatic carbocycles. The van der Waals surface area contributed by atoms with E-state index in [1.165, 1.54) is 12.3 Å². The SMILES string of the molecule is CC(NCC(=O)NC(=O)NCc1ccco1)c1ccccc1F. The molecule has 1 aromatic heterocycles. The number of urea groups is 1. The number of furan rings is 1. The molecule has 0 spiro atoms. The fourth-order valence-corrected chi connectivity index (χ4v) is 1.98. The van der Waals surface area contributed by atoms with Crippen LogP contribution in [-0.2, 0) is 11.3 Å². The highest BCUT2D eigenvalue weighted by atomic mass is 19.1. The van der Waals surface area contributed by atoms with Crippen LogP contribution in [0.15, 0.2) is 47.1 Å². The van der Waals surface area contributed by atoms with Crippen molar-refractivity contribution in [1.82, 2.24) is 16.0 Å². The molecule has 3 amide bonds. The standard InChI is InChI=1S/C16H18FN3O3/c1-11(13-6-2-3-7-14(13)17)18-10-15(21)20-16(22)19-9-12-5-4-8-23-12/h2-8,11,18H,9-10H2,1H3,(H2,19,20,21,22). The Morgan fingerprint density at radius 3 is 2.70 bits per heavy atom. The summed E-state index contributed by atoms with van der Waals surface area (Å²) in [5.74, 6) is -0.270. The molecule has 0 saturated heterocycles. The Hall–Kier alpha value is -2.67. The Balaban J connectivity index is 1.72. The Morgan fingerprint density at radius 1 is 1.22 bits per heavy atom. The lowest BCUT2D eigenvalue weighted by Crippen LogP contribution is -2.43. The highest BCUT2D eigenvalue weighted by Gasteiger charge is 2.13. The first kappa shape index (κ1) is 16.7. The normalized spacial score (nSPS) is 11.7. The van der Waals surface area contributed by atoms with E-state index < -0.39 is 11.9 Å². The number of amides is 3. The summed E-state index contributed by atoms with van der Waals surface area (Å²) in [4.78, 5) is 23.2. The van der Waals surface area contributed by atoms with Crippen LogP contribution in [0.25, 0.3) is 0 Å². The van der Waals surface area contributed by atoms with Crippen LogP contribution in [-0.4, -0.2) is 18.5 Å². The molecular formula is C16H18FN3O3. The number of imide groups is 1. The summed E-state index contributed by atoms with van der Waals surface area (Å²) in [6.07, 6.45) is 1.49. The van der Waals surface area contributed by atoms with E-state index >= 15 is 0 Å². The molecule has 23 heavy (non-hydrogen) atoms. The number of nitrogens with one attached hydrogen (secondary N) is 3. The van der Waals surface area contributed by atoms with E-state index in [0.717, 1.165) is 0 Å². The van der Waals surface area contributed by atoms with Gasteiger partial charge < -0.3 is 15.1 Å². The van der Waals surface area contributed by atoms with Gasteiger partial charge in [0.05, 0.1) is 19.4 Å². The van der Waals surface area contributed by atoms with Gasteiger partial charge in [-0.1, -0.05) is 18.2 Å². The fourth-order valence-electron chi connectivity index (χ4n) is 1.98. The molecule has 3 N–H and O–H groups in total. The molecular weight excluding hydrogens is 301 g/mol. The van der Waals surface area contributed by atoms with Crippen LogP contribution >= 0.6 is 0 Å². The van der Waals surface area contributed by atoms with E-state index in [0.29, 0.717) is 11.3 Å². The molecule has 2 rings (SSSR count). The maximum atomic E-state index is 13.6. The predicted octanol–water partition coefficient (Wildman–Crippen LogP) is 2.10. The van der Waals surface area contributed by atoms with Crippen molar-refractivity contribution in [2.24, 2.45) is 0 Å². The minimum atomic E-state index is -0.619. The average Bonchev–Trinajstić information content (AvgIpc) is 3.04. The number of carbonyl (C=O) groups is 2. The maximum absolute atomic E-state index is 13.6. The minimum absolute atomic E-state index is 0.107. The van der Waals surface area contributed by atoms with Crippen molar-refractivity contribution in [2.75, 3.05) is 6.54 Å². The van der Waals surface area contributed by atoms with Crippen molar-refractivity contribution in [3.8, 4) is 0 Å². The van der Waals surface area contributed by atoms with Gasteiger partial charge in [0.15, 0.2) is 0 Å². The second-order valence-corrected chi connectivity index (χ2v) is 4.93. The number of rotatable bonds is 6. The lowest BCUT2D eigenvalue weighted by molar-refractivity contribution is -0.119. The Morgan fingerprint density at radius 2 is 2.00 bits per heavy atom. The van der Waals surface area contributed by atoms with Crippen molar-refractivity contribution in [2.45, 2.75) is 19.5 Å². The van der Waals surface area contributed by atoms with Crippen molar-refractivity contribution < 1.29 is 18.4 Å². The number of carbonyl (C=O) groups excluding carboxylic acids is 2. The molecule has 0 fully saturated rings. The van der Waals surface area contributed by atoms with Crippen LogP contribution in [0.1, 0.15) is 24.3 Å². The molecule has 0 saturated carbocycles. The maximum Gasteiger partial charge on any atom is 0.321 e. The van der Waals surface area contributed by atoms with E-state index in [4.69, 9.17) is 4.42 Å². The van der Waals surface area contributed by atoms with Gasteiger partial charge in [-0.2, -0.15) is 0 Å². The monoisotopic (exact) mass is 319 g/mol. The van der Waals surface area contributed by atoms with E-state index in [2.05, 4.69) is 16.0 Å². The van der Waals surface area contributed by atoms with Crippen molar-refractivity contribution in [3.05, 3.63) is 59.8 Å². The molecule has 0 radical (unpaired) electrons. The second-order valence-electron chi connectivity index (χ2n) is 4.93. The summed E-state index contributed by atoms with van der Waals surface area (Å²) in [5, 5.41) is 7.53. The first-order valence-corrected chi connectivity index (χ1v) is 7.14. The molecule has 1 aromatic carbocycles. The van der Waals surface area contributed by atoms with Crippen LogP contribution in [0.4, 0.5) is 9.18 Å². The van der Waals surface area contributed by atoms with Gasteiger partial charge in [-0.05, 0) is 25.1 Å². The summed E-state index contributed by atoms with van der Waals surface area (Å²) in [6, 6.07) is 8.75. The molecule has 122 valence electrons. The number of benzene rings is 1. The smallest absolute Gasteiger partial charge is 0.321 e. The van der Waals surface area contributed by atoms with Gasteiger partial charge in [-0.3, -0.25) is 10.1 Å². The zero-order valence-corrected chi connectivity index (χ0v) is 12.6. The average molecular weight is 319 g/mol. The van der Waals surface area contributed by atoms with E-state index in [-0.39, 0.29) is 24.9 Å². The third kappa shape index (κ3) is 5.23. The lowest BCUT2D eigenvalue weighted by Gasteiger charge is -2.14. The molecule has 2 aromatic rings. The molecule has 0 aliphatic rings. The molecule has 7 heteroatoms. The van der Waals surface area contributed by atoms with Gasteiger partial charge >= 0.3 is 6.03 Å². The predicted molar refractivity (Wildman–Crippen MR) is 81.9 cm³/mol. The van der Waals surface area contributed by atoms with E-state index in [1.54, 1.807) is 37.3 Å². The molecule has 1 heterocycles. The van der Waals surface area contributed by atoms with E-state index in [1.807, 2.05) is 0 Å². The zero-order chi connectivity index (χ0) is 16.7. The third-order valence-electron chi connectivity index (χ3n) is 3.20. The molecule has 1 atom stereocenters. The summed E-state index contributed by atoms with van der Waals surface area (Å²) in [7, 11) is 0. The quantitative estimate of drug-likeness (QED) is 0.761. The Bertz CT molecular complexity index is 658. The van der Waals surface area contributed by atoms with Crippen molar-refractivity contribution >= 4 is 11.9 Å². The highest BCUT2D eigenvalue weighted by Crippen LogP contribution is 2.15. The Kier molecular flexibility index (Phi) is 5.87. The third-order valence-corrected chi connectivity index (χ3v) is 3.20. The first-order valence-electron chi connectivity index (χ1n) is 7.14. The molecule has 0 aliphatic heterocycles. The number of hydrogen-bond acceptors (Lipinski definition) is 4. The number of halogens is 1. The van der Waals surface area contributed by atoms with Crippen LogP contribution in [0.3, 0.4) is 0 Å². The first-order chi connectivity index (χ1) is 11.1. The zero-order valence-electron chi connectivity index (χ0n) is 12.6. The summed E-state index contributed by atoms with van der Waals surface area (Å²) in [6.45, 7) is 1.82. The summed E-state index contributed by atoms with van der Waals surface area (Å²) in [5.41, 5.74) is 0.461. The van der Waals surface area contributed by atoms with Gasteiger partial charge in [0.2, 0.25) is 5.91 Å². The molecule has 0 bridgehead atoms. The van der Waals surface area contributed by atoms with Gasteiger partial charge in [-0.15, -0.1) is 0 Å². The summed E-state index contributed by atoms with van der Waals surface area (Å²) >= 11 is 0. The van der Waals surface area contributed by atoms with Crippen LogP contribution in [0.2, 0.25) is 0 Å². The number of hydrogen-bond donors (Lipinski definition) is 3. The van der Waals surface area contributed by atoms with Gasteiger partial charge in [-0.25, -0.2) is 9.18 Å². The fraction of sp³-hybridized carbons (Fsp3) is 0.250. The van der Waals surface area contributed by atoms with Gasteiger partial charge in [0.1, 0.15) is 11.6 Å². The minimum Gasteiger partial charge on any atom is -0.467 e. The summed E-state index contributed by atoms with van der Waals surface area (Å²) < 4.78 is 18.6. The highest BCUT2D eigenvalue weighted by molar-refractivity contribution is 5.95. The van der Waals surface area contributed by atoms with Gasteiger partial charge in [0.25, 0.3) is 0 Å². The van der Waals surface area contributed by atoms with E-state index in [9.17, 15) is 14.0 Å². The van der Waals surface area contributed by atoms with Gasteiger partial charge in [0, 0.05) is 11.6 Å². The second kappa shape index (κ2) is 8.09. The van der Waals surface area contributed by atoms with Crippen LogP contribution < -0.4 is 16.0 Å². The largest absolute Gasteiger partial charge is 0.467 e. The topological polar surface area (TPSA) is 83.4 Å². The molecule has 6 nitrogen and oxygen atoms in total. The van der Waals surface area contributed by atoms with Crippen LogP contribution in [0.5, 0.6) is 0 Å².